The molecule has 0 aromatic heterocycles. The molecule has 2 atom stereocenters. The third-order valence-electron chi connectivity index (χ3n) is 6.60. The van der Waals surface area contributed by atoms with E-state index >= 15 is 0 Å². The maximum absolute atomic E-state index is 12.6. The van der Waals surface area contributed by atoms with Crippen LogP contribution in [-0.4, -0.2) is 54.2 Å². The van der Waals surface area contributed by atoms with Gasteiger partial charge >= 0.3 is 12.1 Å². The Labute approximate surface area is 193 Å². The van der Waals surface area contributed by atoms with Gasteiger partial charge in [0.05, 0.1) is 0 Å². The lowest BCUT2D eigenvalue weighted by molar-refractivity contribution is -0.138. The molecule has 2 amide bonds. The molecule has 33 heavy (non-hydrogen) atoms. The molecule has 0 bridgehead atoms. The molecule has 0 radical (unpaired) electrons. The summed E-state index contributed by atoms with van der Waals surface area (Å²) < 4.78 is 5.56. The fourth-order valence-corrected chi connectivity index (χ4v) is 4.72. The molecular formula is C26H30N2O5. The molecule has 0 unspecified atom stereocenters. The Morgan fingerprint density at radius 1 is 1.06 bits per heavy atom. The highest BCUT2D eigenvalue weighted by Gasteiger charge is 2.44. The largest absolute Gasteiger partial charge is 0.481 e. The molecule has 1 fully saturated rings. The van der Waals surface area contributed by atoms with Crippen molar-refractivity contribution in [1.29, 1.82) is 0 Å². The third kappa shape index (κ3) is 5.18. The monoisotopic (exact) mass is 450 g/mol. The number of nitrogens with zero attached hydrogens (tertiary/aromatic N) is 1. The predicted molar refractivity (Wildman–Crippen MR) is 124 cm³/mol. The average molecular weight is 451 g/mol. The molecule has 7 nitrogen and oxygen atoms in total. The summed E-state index contributed by atoms with van der Waals surface area (Å²) in [4.78, 5) is 37.4. The van der Waals surface area contributed by atoms with E-state index < -0.39 is 12.1 Å². The molecule has 0 heterocycles. The maximum Gasteiger partial charge on any atom is 0.407 e. The van der Waals surface area contributed by atoms with Gasteiger partial charge in [0.1, 0.15) is 6.61 Å². The van der Waals surface area contributed by atoms with Crippen molar-refractivity contribution in [3.05, 3.63) is 59.7 Å². The van der Waals surface area contributed by atoms with Gasteiger partial charge in [-0.2, -0.15) is 0 Å². The number of hydrogen-bond donors (Lipinski definition) is 2. The van der Waals surface area contributed by atoms with Crippen LogP contribution in [0.1, 0.15) is 43.2 Å². The van der Waals surface area contributed by atoms with Crippen LogP contribution in [0, 0.1) is 11.8 Å². The maximum atomic E-state index is 12.6. The van der Waals surface area contributed by atoms with Crippen LogP contribution in [0.15, 0.2) is 48.5 Å². The average Bonchev–Trinajstić information content (AvgIpc) is 3.53. The molecule has 2 N–H and O–H groups in total. The molecular weight excluding hydrogens is 420 g/mol. The standard InChI is InChI=1S/C26H30N2O5/c1-2-28(13-7-12-24(29)30)25(31)22-14-17(22)15-27-26(32)33-16-23-20-10-5-3-8-18(20)19-9-4-6-11-21(19)23/h3-6,8-11,17,22-23H,2,7,12-16H2,1H3,(H,27,32)(H,29,30)/t17-,22-/m1/s1. The summed E-state index contributed by atoms with van der Waals surface area (Å²) in [5, 5.41) is 11.6. The van der Waals surface area contributed by atoms with E-state index in [2.05, 4.69) is 29.6 Å². The normalized spacial score (nSPS) is 18.2. The number of carbonyl (C=O) groups is 3. The first kappa shape index (κ1) is 22.8. The minimum Gasteiger partial charge on any atom is -0.481 e. The second kappa shape index (κ2) is 10.1. The molecule has 2 aromatic carbocycles. The highest BCUT2D eigenvalue weighted by atomic mass is 16.5. The van der Waals surface area contributed by atoms with Crippen molar-refractivity contribution in [1.82, 2.24) is 10.2 Å². The number of amides is 2. The van der Waals surface area contributed by atoms with Gasteiger partial charge in [-0.05, 0) is 47.9 Å². The SMILES string of the molecule is CCN(CCCC(=O)O)C(=O)[C@@H]1C[C@@H]1CNC(=O)OCC1c2ccccc2-c2ccccc21. The quantitative estimate of drug-likeness (QED) is 0.573. The minimum absolute atomic E-state index is 0.0160. The van der Waals surface area contributed by atoms with E-state index in [4.69, 9.17) is 9.84 Å². The van der Waals surface area contributed by atoms with Crippen molar-refractivity contribution in [3.63, 3.8) is 0 Å². The number of fused-ring (bicyclic) bond motifs is 3. The number of ether oxygens (including phenoxy) is 1. The minimum atomic E-state index is -0.852. The summed E-state index contributed by atoms with van der Waals surface area (Å²) in [5.74, 6) is -0.796. The zero-order chi connectivity index (χ0) is 23.4. The molecule has 0 aliphatic heterocycles. The molecule has 0 saturated heterocycles. The number of hydrogen-bond acceptors (Lipinski definition) is 4. The Morgan fingerprint density at radius 2 is 1.70 bits per heavy atom. The number of alkyl carbamates (subject to hydrolysis) is 1. The summed E-state index contributed by atoms with van der Waals surface area (Å²) in [6.07, 6.45) is 0.771. The van der Waals surface area contributed by atoms with Gasteiger partial charge in [0.25, 0.3) is 0 Å². The molecule has 1 saturated carbocycles. The fraction of sp³-hybridized carbons (Fsp3) is 0.423. The number of aliphatic carboxylic acids is 1. The van der Waals surface area contributed by atoms with Crippen LogP contribution in [0.2, 0.25) is 0 Å². The van der Waals surface area contributed by atoms with Crippen LogP contribution in [0.25, 0.3) is 11.1 Å². The van der Waals surface area contributed by atoms with E-state index in [0.717, 1.165) is 6.42 Å². The van der Waals surface area contributed by atoms with Crippen LogP contribution in [0.4, 0.5) is 4.79 Å². The molecule has 0 spiro atoms. The highest BCUT2D eigenvalue weighted by Crippen LogP contribution is 2.44. The Morgan fingerprint density at radius 3 is 2.30 bits per heavy atom. The van der Waals surface area contributed by atoms with E-state index in [1.54, 1.807) is 4.90 Å². The summed E-state index contributed by atoms with van der Waals surface area (Å²) in [6.45, 7) is 3.57. The lowest BCUT2D eigenvalue weighted by Gasteiger charge is -2.20. The zero-order valence-corrected chi connectivity index (χ0v) is 18.8. The number of rotatable bonds is 10. The molecule has 7 heteroatoms. The predicted octanol–water partition coefficient (Wildman–Crippen LogP) is 3.87. The highest BCUT2D eigenvalue weighted by molar-refractivity contribution is 5.82. The van der Waals surface area contributed by atoms with Gasteiger partial charge in [-0.25, -0.2) is 4.79 Å². The molecule has 174 valence electrons. The van der Waals surface area contributed by atoms with E-state index in [0.29, 0.717) is 26.1 Å². The first-order valence-electron chi connectivity index (χ1n) is 11.6. The van der Waals surface area contributed by atoms with E-state index in [9.17, 15) is 14.4 Å². The van der Waals surface area contributed by atoms with Gasteiger partial charge in [0, 0.05) is 37.9 Å². The van der Waals surface area contributed by atoms with Gasteiger partial charge in [-0.3, -0.25) is 9.59 Å². The van der Waals surface area contributed by atoms with Gasteiger partial charge in [-0.1, -0.05) is 48.5 Å². The summed E-state index contributed by atoms with van der Waals surface area (Å²) in [5.41, 5.74) is 4.71. The number of nitrogens with one attached hydrogen (secondary N) is 1. The van der Waals surface area contributed by atoms with Gasteiger partial charge in [-0.15, -0.1) is 0 Å². The summed E-state index contributed by atoms with van der Waals surface area (Å²) in [7, 11) is 0. The van der Waals surface area contributed by atoms with Crippen molar-refractivity contribution < 1.29 is 24.2 Å². The van der Waals surface area contributed by atoms with Crippen molar-refractivity contribution in [2.45, 2.75) is 32.1 Å². The van der Waals surface area contributed by atoms with E-state index in [1.165, 1.54) is 22.3 Å². The van der Waals surface area contributed by atoms with Crippen LogP contribution >= 0.6 is 0 Å². The fourth-order valence-electron chi connectivity index (χ4n) is 4.72. The Kier molecular flexibility index (Phi) is 6.96. The van der Waals surface area contributed by atoms with Crippen molar-refractivity contribution in [3.8, 4) is 11.1 Å². The second-order valence-electron chi connectivity index (χ2n) is 8.72. The first-order valence-corrected chi connectivity index (χ1v) is 11.6. The van der Waals surface area contributed by atoms with Crippen LogP contribution in [-0.2, 0) is 14.3 Å². The van der Waals surface area contributed by atoms with E-state index in [1.807, 2.05) is 31.2 Å². The van der Waals surface area contributed by atoms with Crippen LogP contribution < -0.4 is 5.32 Å². The number of carboxylic acids is 1. The number of carbonyl (C=O) groups excluding carboxylic acids is 2. The Balaban J connectivity index is 1.23. The lowest BCUT2D eigenvalue weighted by Crippen LogP contribution is -2.35. The molecule has 2 aromatic rings. The summed E-state index contributed by atoms with van der Waals surface area (Å²) in [6, 6.07) is 16.4. The van der Waals surface area contributed by atoms with Crippen LogP contribution in [0.3, 0.4) is 0 Å². The molecule has 4 rings (SSSR count). The smallest absolute Gasteiger partial charge is 0.407 e. The Hall–Kier alpha value is -3.35. The second-order valence-corrected chi connectivity index (χ2v) is 8.72. The van der Waals surface area contributed by atoms with Gasteiger partial charge in [0.2, 0.25) is 5.91 Å². The zero-order valence-electron chi connectivity index (χ0n) is 18.8. The van der Waals surface area contributed by atoms with E-state index in [-0.39, 0.29) is 36.7 Å². The third-order valence-corrected chi connectivity index (χ3v) is 6.60. The van der Waals surface area contributed by atoms with Crippen molar-refractivity contribution >= 4 is 18.0 Å². The van der Waals surface area contributed by atoms with Crippen molar-refractivity contribution in [2.24, 2.45) is 11.8 Å². The first-order chi connectivity index (χ1) is 16.0. The van der Waals surface area contributed by atoms with Crippen molar-refractivity contribution in [2.75, 3.05) is 26.2 Å². The van der Waals surface area contributed by atoms with Gasteiger partial charge in [0.15, 0.2) is 0 Å². The molecule has 2 aliphatic carbocycles. The lowest BCUT2D eigenvalue weighted by atomic mass is 9.98. The number of carboxylic acid groups (broad SMARTS) is 1. The Bertz CT molecular complexity index is 991. The molecule has 2 aliphatic rings. The topological polar surface area (TPSA) is 95.9 Å². The summed E-state index contributed by atoms with van der Waals surface area (Å²) >= 11 is 0. The van der Waals surface area contributed by atoms with Gasteiger partial charge < -0.3 is 20.1 Å². The van der Waals surface area contributed by atoms with Crippen LogP contribution in [0.5, 0.6) is 0 Å². The number of benzene rings is 2.